The molecule has 1 aromatic carbocycles. The second kappa shape index (κ2) is 6.13. The van der Waals surface area contributed by atoms with Crippen molar-refractivity contribution in [2.45, 2.75) is 0 Å². The van der Waals surface area contributed by atoms with Crippen molar-refractivity contribution in [3.63, 3.8) is 0 Å². The van der Waals surface area contributed by atoms with Crippen LogP contribution in [0.25, 0.3) is 0 Å². The van der Waals surface area contributed by atoms with Crippen LogP contribution in [0.15, 0.2) is 24.5 Å². The molecule has 0 spiro atoms. The maximum Gasteiger partial charge on any atom is 0.271 e. The third-order valence-electron chi connectivity index (χ3n) is 2.31. The van der Waals surface area contributed by atoms with Crippen molar-refractivity contribution in [3.05, 3.63) is 45.3 Å². The highest BCUT2D eigenvalue weighted by molar-refractivity contribution is 6.36. The number of nitrogens with two attached hydrogens (primary N) is 1. The number of hydrogen-bond acceptors (Lipinski definition) is 5. The lowest BCUT2D eigenvalue weighted by Crippen LogP contribution is -2.30. The van der Waals surface area contributed by atoms with Gasteiger partial charge in [0.05, 0.1) is 10.6 Å². The Morgan fingerprint density at radius 2 is 1.95 bits per heavy atom. The minimum Gasteiger partial charge on any atom is -0.393 e. The van der Waals surface area contributed by atoms with Crippen LogP contribution in [-0.4, -0.2) is 15.9 Å². The molecule has 0 aliphatic heterocycles. The van der Waals surface area contributed by atoms with Crippen LogP contribution in [0.1, 0.15) is 10.4 Å². The average molecular weight is 333 g/mol. The fraction of sp³-hybridized carbons (Fsp3) is 0. The molecular formula is C11H8Cl3N5O. The van der Waals surface area contributed by atoms with E-state index in [1.54, 1.807) is 6.07 Å². The van der Waals surface area contributed by atoms with Crippen LogP contribution in [0.5, 0.6) is 0 Å². The van der Waals surface area contributed by atoms with Gasteiger partial charge in [0.25, 0.3) is 5.91 Å². The van der Waals surface area contributed by atoms with E-state index in [0.717, 1.165) is 0 Å². The van der Waals surface area contributed by atoms with Crippen molar-refractivity contribution in [2.75, 3.05) is 11.2 Å². The standard InChI is InChI=1S/C11H8Cl3N5O/c12-5-1-2-6(7(13)3-5)11(20)19-18-10-8(15)9(14)16-4-17-10/h1-4H,15H2,(H,19,20)(H,16,17,18). The zero-order chi connectivity index (χ0) is 14.7. The molecule has 0 saturated carbocycles. The Bertz CT molecular complexity index is 665. The molecule has 0 bridgehead atoms. The molecule has 0 aliphatic rings. The molecule has 20 heavy (non-hydrogen) atoms. The molecule has 4 N–H and O–H groups in total. The lowest BCUT2D eigenvalue weighted by atomic mass is 10.2. The molecule has 2 rings (SSSR count). The Labute approximate surface area is 129 Å². The first kappa shape index (κ1) is 14.6. The monoisotopic (exact) mass is 331 g/mol. The van der Waals surface area contributed by atoms with Gasteiger partial charge >= 0.3 is 0 Å². The van der Waals surface area contributed by atoms with E-state index in [0.29, 0.717) is 5.02 Å². The highest BCUT2D eigenvalue weighted by Crippen LogP contribution is 2.22. The van der Waals surface area contributed by atoms with Gasteiger partial charge in [-0.25, -0.2) is 9.97 Å². The van der Waals surface area contributed by atoms with E-state index in [-0.39, 0.29) is 27.2 Å². The molecule has 0 saturated heterocycles. The zero-order valence-corrected chi connectivity index (χ0v) is 12.1. The summed E-state index contributed by atoms with van der Waals surface area (Å²) >= 11 is 17.4. The minimum absolute atomic E-state index is 0.0845. The number of benzene rings is 1. The first-order chi connectivity index (χ1) is 9.49. The Balaban J connectivity index is 2.11. The number of hydrazine groups is 1. The lowest BCUT2D eigenvalue weighted by molar-refractivity contribution is 0.0962. The number of nitrogen functional groups attached to an aromatic ring is 1. The first-order valence-electron chi connectivity index (χ1n) is 5.26. The Kier molecular flexibility index (Phi) is 4.49. The summed E-state index contributed by atoms with van der Waals surface area (Å²) in [6.07, 6.45) is 1.21. The molecule has 2 aromatic rings. The SMILES string of the molecule is Nc1c(Cl)ncnc1NNC(=O)c1ccc(Cl)cc1Cl. The number of carbonyl (C=O) groups excluding carboxylic acids is 1. The van der Waals surface area contributed by atoms with Crippen molar-refractivity contribution >= 4 is 52.2 Å². The fourth-order valence-corrected chi connectivity index (χ4v) is 1.96. The molecule has 104 valence electrons. The summed E-state index contributed by atoms with van der Waals surface area (Å²) in [7, 11) is 0. The maximum absolute atomic E-state index is 11.9. The summed E-state index contributed by atoms with van der Waals surface area (Å²) in [6.45, 7) is 0. The highest BCUT2D eigenvalue weighted by Gasteiger charge is 2.12. The highest BCUT2D eigenvalue weighted by atomic mass is 35.5. The van der Waals surface area contributed by atoms with Gasteiger partial charge in [0, 0.05) is 5.02 Å². The molecular weight excluding hydrogens is 325 g/mol. The van der Waals surface area contributed by atoms with Crippen LogP contribution in [-0.2, 0) is 0 Å². The molecule has 0 radical (unpaired) electrons. The summed E-state index contributed by atoms with van der Waals surface area (Å²) in [5.74, 6) is -0.288. The molecule has 1 aromatic heterocycles. The van der Waals surface area contributed by atoms with Crippen LogP contribution < -0.4 is 16.6 Å². The third-order valence-corrected chi connectivity index (χ3v) is 3.15. The van der Waals surface area contributed by atoms with Crippen molar-refractivity contribution in [3.8, 4) is 0 Å². The average Bonchev–Trinajstić information content (AvgIpc) is 2.40. The van der Waals surface area contributed by atoms with Gasteiger partial charge in [-0.15, -0.1) is 0 Å². The summed E-state index contributed by atoms with van der Waals surface area (Å²) in [5, 5.41) is 0.748. The second-order valence-electron chi connectivity index (χ2n) is 3.63. The summed E-state index contributed by atoms with van der Waals surface area (Å²) in [5.41, 5.74) is 11.0. The second-order valence-corrected chi connectivity index (χ2v) is 4.83. The molecule has 0 unspecified atom stereocenters. The quantitative estimate of drug-likeness (QED) is 0.593. The number of anilines is 2. The van der Waals surface area contributed by atoms with Crippen LogP contribution in [0.2, 0.25) is 15.2 Å². The molecule has 0 fully saturated rings. The van der Waals surface area contributed by atoms with Crippen LogP contribution >= 0.6 is 34.8 Å². The number of amides is 1. The summed E-state index contributed by atoms with van der Waals surface area (Å²) in [6, 6.07) is 4.52. The van der Waals surface area contributed by atoms with Gasteiger partial charge in [0.2, 0.25) is 0 Å². The molecule has 1 amide bonds. The van der Waals surface area contributed by atoms with E-state index in [4.69, 9.17) is 40.5 Å². The normalized spacial score (nSPS) is 10.2. The number of nitrogens with one attached hydrogen (secondary N) is 2. The fourth-order valence-electron chi connectivity index (χ4n) is 1.33. The van der Waals surface area contributed by atoms with E-state index in [9.17, 15) is 4.79 Å². The van der Waals surface area contributed by atoms with Crippen molar-refractivity contribution in [2.24, 2.45) is 0 Å². The Morgan fingerprint density at radius 1 is 1.20 bits per heavy atom. The number of nitrogens with zero attached hydrogens (tertiary/aromatic N) is 2. The maximum atomic E-state index is 11.9. The minimum atomic E-state index is -0.471. The Morgan fingerprint density at radius 3 is 2.65 bits per heavy atom. The predicted octanol–water partition coefficient (Wildman–Crippen LogP) is 2.78. The molecule has 6 nitrogen and oxygen atoms in total. The topological polar surface area (TPSA) is 92.9 Å². The van der Waals surface area contributed by atoms with Gasteiger partial charge in [0.1, 0.15) is 12.0 Å². The van der Waals surface area contributed by atoms with E-state index in [1.165, 1.54) is 18.5 Å². The van der Waals surface area contributed by atoms with Gasteiger partial charge in [-0.3, -0.25) is 15.6 Å². The third kappa shape index (κ3) is 3.22. The summed E-state index contributed by atoms with van der Waals surface area (Å²) < 4.78 is 0. The predicted molar refractivity (Wildman–Crippen MR) is 79.0 cm³/mol. The first-order valence-corrected chi connectivity index (χ1v) is 6.40. The lowest BCUT2D eigenvalue weighted by Gasteiger charge is -2.10. The number of rotatable bonds is 3. The van der Waals surface area contributed by atoms with Gasteiger partial charge in [0.15, 0.2) is 11.0 Å². The van der Waals surface area contributed by atoms with Crippen LogP contribution in [0.4, 0.5) is 11.5 Å². The Hall–Kier alpha value is -1.76. The van der Waals surface area contributed by atoms with E-state index in [2.05, 4.69) is 20.8 Å². The molecule has 9 heteroatoms. The van der Waals surface area contributed by atoms with E-state index in [1.807, 2.05) is 0 Å². The number of hydrogen-bond donors (Lipinski definition) is 3. The van der Waals surface area contributed by atoms with Gasteiger partial charge in [-0.1, -0.05) is 34.8 Å². The number of aromatic nitrogens is 2. The zero-order valence-electron chi connectivity index (χ0n) is 9.82. The summed E-state index contributed by atoms with van der Waals surface area (Å²) in [4.78, 5) is 19.5. The van der Waals surface area contributed by atoms with Gasteiger partial charge in [-0.2, -0.15) is 0 Å². The van der Waals surface area contributed by atoms with Crippen molar-refractivity contribution in [1.29, 1.82) is 0 Å². The van der Waals surface area contributed by atoms with Crippen molar-refractivity contribution < 1.29 is 4.79 Å². The van der Waals surface area contributed by atoms with E-state index < -0.39 is 5.91 Å². The molecule has 1 heterocycles. The van der Waals surface area contributed by atoms with Crippen LogP contribution in [0, 0.1) is 0 Å². The van der Waals surface area contributed by atoms with E-state index >= 15 is 0 Å². The van der Waals surface area contributed by atoms with Gasteiger partial charge < -0.3 is 5.73 Å². The number of halogens is 3. The number of carbonyl (C=O) groups is 1. The van der Waals surface area contributed by atoms with Crippen molar-refractivity contribution in [1.82, 2.24) is 15.4 Å². The molecule has 0 atom stereocenters. The van der Waals surface area contributed by atoms with Crippen LogP contribution in [0.3, 0.4) is 0 Å². The largest absolute Gasteiger partial charge is 0.393 e. The van der Waals surface area contributed by atoms with Gasteiger partial charge in [-0.05, 0) is 18.2 Å². The smallest absolute Gasteiger partial charge is 0.271 e. The molecule has 0 aliphatic carbocycles.